The summed E-state index contributed by atoms with van der Waals surface area (Å²) in [6.45, 7) is 0. The quantitative estimate of drug-likeness (QED) is 0.504. The number of carbonyl (C=O) groups is 1. The van der Waals surface area contributed by atoms with E-state index in [9.17, 15) is 14.5 Å². The van der Waals surface area contributed by atoms with Gasteiger partial charge in [-0.3, -0.25) is 4.57 Å². The molecule has 0 saturated heterocycles. The van der Waals surface area contributed by atoms with Crippen molar-refractivity contribution < 1.29 is 22.8 Å². The topological polar surface area (TPSA) is 75.7 Å². The van der Waals surface area contributed by atoms with Crippen LogP contribution in [0.25, 0.3) is 0 Å². The van der Waals surface area contributed by atoms with Crippen molar-refractivity contribution in [3.63, 3.8) is 0 Å². The summed E-state index contributed by atoms with van der Waals surface area (Å²) in [6, 6.07) is 0. The maximum Gasteiger partial charge on any atom is 0.285 e. The van der Waals surface area contributed by atoms with E-state index in [4.69, 9.17) is 0 Å². The van der Waals surface area contributed by atoms with Crippen LogP contribution in [0.1, 0.15) is 0 Å². The van der Waals surface area contributed by atoms with Gasteiger partial charge in [-0.2, -0.15) is 0 Å². The summed E-state index contributed by atoms with van der Waals surface area (Å²) in [7, 11) is 2.44. The van der Waals surface area contributed by atoms with Crippen molar-refractivity contribution in [1.82, 2.24) is 0 Å². The van der Waals surface area contributed by atoms with E-state index in [0.717, 1.165) is 0 Å². The van der Waals surface area contributed by atoms with Crippen molar-refractivity contribution in [2.75, 3.05) is 14.2 Å². The van der Waals surface area contributed by atoms with E-state index < -0.39 is 11.3 Å². The molecule has 0 spiro atoms. The van der Waals surface area contributed by atoms with E-state index in [2.05, 4.69) is 8.37 Å². The lowest BCUT2D eigenvalue weighted by Crippen LogP contribution is -2.17. The summed E-state index contributed by atoms with van der Waals surface area (Å²) in [5.41, 5.74) is -5.27. The molecule has 0 atom stereocenters. The first kappa shape index (κ1) is 11.3. The van der Waals surface area contributed by atoms with Gasteiger partial charge in [-0.05, 0) is 0 Å². The molecule has 0 aliphatic rings. The summed E-state index contributed by atoms with van der Waals surface area (Å²) in [5.74, 6) is 0. The molecule has 0 fully saturated rings. The SMILES string of the molecule is COSP(=O)(SOC)C(=O)[O-]. The first-order valence-corrected chi connectivity index (χ1v) is 6.73. The zero-order valence-corrected chi connectivity index (χ0v) is 8.33. The van der Waals surface area contributed by atoms with Gasteiger partial charge in [-0.15, -0.1) is 0 Å². The highest BCUT2D eigenvalue weighted by molar-refractivity contribution is 8.92. The van der Waals surface area contributed by atoms with Crippen LogP contribution in [0.5, 0.6) is 0 Å². The Hall–Kier alpha value is 0.320. The van der Waals surface area contributed by atoms with Gasteiger partial charge in [0.15, 0.2) is 0 Å². The standard InChI is InChI=1S/C3H7O5PS2/c1-7-10-9(6,3(4)5)11-8-2/h1-2H3,(H,4,5)/p-1. The number of rotatable bonds is 5. The summed E-state index contributed by atoms with van der Waals surface area (Å²) in [5, 5.41) is 10.2. The van der Waals surface area contributed by atoms with Crippen molar-refractivity contribution in [2.24, 2.45) is 0 Å². The first-order chi connectivity index (χ1) is 5.06. The van der Waals surface area contributed by atoms with Gasteiger partial charge in [0, 0.05) is 0 Å². The monoisotopic (exact) mass is 217 g/mol. The number of hydrogen-bond acceptors (Lipinski definition) is 7. The zero-order chi connectivity index (χ0) is 8.91. The lowest BCUT2D eigenvalue weighted by molar-refractivity contribution is -0.233. The highest BCUT2D eigenvalue weighted by atomic mass is 33.1. The molecule has 0 aromatic rings. The van der Waals surface area contributed by atoms with Gasteiger partial charge in [0.05, 0.1) is 37.5 Å². The molecular formula is C3H6O5PS2-. The van der Waals surface area contributed by atoms with Crippen LogP contribution in [0.4, 0.5) is 4.79 Å². The Balaban J connectivity index is 4.27. The van der Waals surface area contributed by atoms with E-state index in [1.165, 1.54) is 14.2 Å². The second-order valence-electron chi connectivity index (χ2n) is 1.25. The van der Waals surface area contributed by atoms with Crippen LogP contribution in [0.2, 0.25) is 0 Å². The number of carbonyl (C=O) groups excluding carboxylic acids is 1. The van der Waals surface area contributed by atoms with Crippen LogP contribution in [-0.2, 0) is 12.9 Å². The molecule has 0 N–H and O–H groups in total. The fraction of sp³-hybridized carbons (Fsp3) is 0.667. The molecule has 66 valence electrons. The van der Waals surface area contributed by atoms with Crippen molar-refractivity contribution in [3.8, 4) is 0 Å². The second kappa shape index (κ2) is 5.05. The molecule has 0 rings (SSSR count). The van der Waals surface area contributed by atoms with Crippen LogP contribution in [0.15, 0.2) is 0 Å². The third kappa shape index (κ3) is 3.48. The largest absolute Gasteiger partial charge is 0.540 e. The van der Waals surface area contributed by atoms with Crippen LogP contribution >= 0.6 is 28.9 Å². The zero-order valence-electron chi connectivity index (χ0n) is 5.80. The summed E-state index contributed by atoms with van der Waals surface area (Å²) in [4.78, 5) is 10.2. The molecule has 0 amide bonds. The molecule has 8 heteroatoms. The third-order valence-electron chi connectivity index (χ3n) is 0.569. The maximum absolute atomic E-state index is 11.1. The highest BCUT2D eigenvalue weighted by Gasteiger charge is 2.27. The average molecular weight is 217 g/mol. The maximum atomic E-state index is 11.1. The number of carboxylic acid groups (broad SMARTS) is 1. The molecule has 11 heavy (non-hydrogen) atoms. The fourth-order valence-electron chi connectivity index (χ4n) is 0.270. The van der Waals surface area contributed by atoms with E-state index in [0.29, 0.717) is 23.3 Å². The Bertz CT molecular complexity index is 173. The van der Waals surface area contributed by atoms with Gasteiger partial charge in [0.25, 0.3) is 5.55 Å². The molecule has 0 aromatic carbocycles. The fourth-order valence-corrected chi connectivity index (χ4v) is 3.74. The molecule has 0 aliphatic heterocycles. The van der Waals surface area contributed by atoms with E-state index in [1.807, 2.05) is 0 Å². The minimum atomic E-state index is -3.60. The van der Waals surface area contributed by atoms with E-state index in [-0.39, 0.29) is 0 Å². The van der Waals surface area contributed by atoms with Gasteiger partial charge < -0.3 is 18.3 Å². The van der Waals surface area contributed by atoms with Gasteiger partial charge >= 0.3 is 0 Å². The predicted molar refractivity (Wildman–Crippen MR) is 42.2 cm³/mol. The molecule has 0 bridgehead atoms. The lowest BCUT2D eigenvalue weighted by atomic mass is 11.6. The Kier molecular flexibility index (Phi) is 5.20. The normalized spacial score (nSPS) is 11.5. The van der Waals surface area contributed by atoms with Crippen LogP contribution in [-0.4, -0.2) is 19.9 Å². The Morgan fingerprint density at radius 3 is 1.91 bits per heavy atom. The molecule has 0 radical (unpaired) electrons. The second-order valence-corrected chi connectivity index (χ2v) is 8.24. The van der Waals surface area contributed by atoms with Gasteiger partial charge in [0.2, 0.25) is 0 Å². The Morgan fingerprint density at radius 1 is 1.36 bits per heavy atom. The Labute approximate surface area is 72.1 Å². The molecule has 0 heterocycles. The van der Waals surface area contributed by atoms with Crippen molar-refractivity contribution in [1.29, 1.82) is 0 Å². The van der Waals surface area contributed by atoms with Gasteiger partial charge in [-0.1, -0.05) is 0 Å². The Morgan fingerprint density at radius 2 is 1.73 bits per heavy atom. The third-order valence-corrected chi connectivity index (χ3v) is 5.77. The molecule has 0 unspecified atom stereocenters. The van der Waals surface area contributed by atoms with Gasteiger partial charge in [0.1, 0.15) is 5.71 Å². The lowest BCUT2D eigenvalue weighted by Gasteiger charge is -2.12. The van der Waals surface area contributed by atoms with E-state index >= 15 is 0 Å². The summed E-state index contributed by atoms with van der Waals surface area (Å²) < 4.78 is 19.8. The van der Waals surface area contributed by atoms with Crippen LogP contribution < -0.4 is 5.11 Å². The number of hydrogen-bond donors (Lipinski definition) is 0. The molecular weight excluding hydrogens is 211 g/mol. The molecule has 5 nitrogen and oxygen atoms in total. The molecule has 0 aromatic heterocycles. The average Bonchev–Trinajstić information content (AvgIpc) is 1.88. The highest BCUT2D eigenvalue weighted by Crippen LogP contribution is 2.68. The summed E-state index contributed by atoms with van der Waals surface area (Å²) in [6.07, 6.45) is 0. The predicted octanol–water partition coefficient (Wildman–Crippen LogP) is 1.11. The minimum Gasteiger partial charge on any atom is -0.540 e. The first-order valence-electron chi connectivity index (χ1n) is 2.33. The van der Waals surface area contributed by atoms with Crippen LogP contribution in [0.3, 0.4) is 0 Å². The van der Waals surface area contributed by atoms with Crippen molar-refractivity contribution in [2.45, 2.75) is 0 Å². The molecule has 0 aliphatic carbocycles. The minimum absolute atomic E-state index is 0.343. The molecule has 0 saturated carbocycles. The van der Waals surface area contributed by atoms with Crippen molar-refractivity contribution >= 4 is 34.6 Å². The smallest absolute Gasteiger partial charge is 0.285 e. The summed E-state index contributed by atoms with van der Waals surface area (Å²) >= 11 is 0.686. The van der Waals surface area contributed by atoms with Crippen LogP contribution in [0, 0.1) is 0 Å². The van der Waals surface area contributed by atoms with Gasteiger partial charge in [-0.25, -0.2) is 0 Å². The van der Waals surface area contributed by atoms with Crippen molar-refractivity contribution in [3.05, 3.63) is 0 Å². The van der Waals surface area contributed by atoms with E-state index in [1.54, 1.807) is 0 Å².